The molecule has 0 spiro atoms. The summed E-state index contributed by atoms with van der Waals surface area (Å²) in [6.07, 6.45) is 0. The quantitative estimate of drug-likeness (QED) is 0.456. The molecule has 1 rings (SSSR count). The number of nitrogens with one attached hydrogen (secondary N) is 1. The Hall–Kier alpha value is -1.69. The Kier molecular flexibility index (Phi) is 3.99. The molecule has 0 heterocycles. The zero-order valence-corrected chi connectivity index (χ0v) is 8.20. The molecular weight excluding hydrogens is 203 g/mol. The summed E-state index contributed by atoms with van der Waals surface area (Å²) in [6.45, 7) is 0.670. The molecule has 15 heavy (non-hydrogen) atoms. The average molecular weight is 214 g/mol. The van der Waals surface area contributed by atoms with E-state index >= 15 is 0 Å². The summed E-state index contributed by atoms with van der Waals surface area (Å²) in [6, 6.07) is 3.61. The Morgan fingerprint density at radius 1 is 1.60 bits per heavy atom. The summed E-state index contributed by atoms with van der Waals surface area (Å²) in [7, 11) is 1.71. The summed E-state index contributed by atoms with van der Waals surface area (Å²) < 4.78 is 18.2. The highest BCUT2D eigenvalue weighted by atomic mass is 19.1. The van der Waals surface area contributed by atoms with E-state index in [0.717, 1.165) is 6.07 Å². The van der Waals surface area contributed by atoms with Gasteiger partial charge in [-0.05, 0) is 13.1 Å². The predicted octanol–water partition coefficient (Wildman–Crippen LogP) is 1.33. The number of hydrogen-bond donors (Lipinski definition) is 1. The number of nitrogens with zero attached hydrogens (tertiary/aromatic N) is 1. The van der Waals surface area contributed by atoms with Gasteiger partial charge in [0.2, 0.25) is 5.75 Å². The van der Waals surface area contributed by atoms with E-state index in [1.165, 1.54) is 12.1 Å². The topological polar surface area (TPSA) is 64.4 Å². The van der Waals surface area contributed by atoms with Crippen LogP contribution in [0.3, 0.4) is 0 Å². The van der Waals surface area contributed by atoms with E-state index in [0.29, 0.717) is 6.54 Å². The van der Waals surface area contributed by atoms with E-state index in [4.69, 9.17) is 4.74 Å². The van der Waals surface area contributed by atoms with Gasteiger partial charge in [-0.15, -0.1) is 0 Å². The number of halogens is 1. The summed E-state index contributed by atoms with van der Waals surface area (Å²) >= 11 is 0. The molecule has 6 heteroatoms. The van der Waals surface area contributed by atoms with E-state index in [1.54, 1.807) is 7.05 Å². The molecule has 0 aliphatic carbocycles. The van der Waals surface area contributed by atoms with Crippen molar-refractivity contribution in [1.82, 2.24) is 5.32 Å². The van der Waals surface area contributed by atoms with Gasteiger partial charge in [0.15, 0.2) is 5.82 Å². The fourth-order valence-electron chi connectivity index (χ4n) is 1.04. The van der Waals surface area contributed by atoms with E-state index < -0.39 is 10.7 Å². The molecule has 0 saturated heterocycles. The van der Waals surface area contributed by atoms with Crippen molar-refractivity contribution < 1.29 is 14.1 Å². The second kappa shape index (κ2) is 5.26. The first-order valence-corrected chi connectivity index (χ1v) is 4.37. The normalized spacial score (nSPS) is 10.0. The summed E-state index contributed by atoms with van der Waals surface area (Å²) in [5.74, 6) is -1.03. The number of nitro groups is 1. The van der Waals surface area contributed by atoms with Crippen LogP contribution in [-0.2, 0) is 0 Å². The molecule has 82 valence electrons. The third kappa shape index (κ3) is 2.88. The van der Waals surface area contributed by atoms with Crippen molar-refractivity contribution in [3.63, 3.8) is 0 Å². The van der Waals surface area contributed by atoms with Crippen LogP contribution < -0.4 is 10.1 Å². The molecule has 0 unspecified atom stereocenters. The van der Waals surface area contributed by atoms with E-state index in [9.17, 15) is 14.5 Å². The molecule has 0 saturated carbocycles. The first kappa shape index (κ1) is 11.4. The standard InChI is InChI=1S/C9H11FN2O3/c1-11-5-6-15-9-7(10)3-2-4-8(9)12(13)14/h2-4,11H,5-6H2,1H3. The minimum atomic E-state index is -0.722. The van der Waals surface area contributed by atoms with Crippen LogP contribution in [0.2, 0.25) is 0 Å². The maximum atomic E-state index is 13.2. The van der Waals surface area contributed by atoms with E-state index in [1.807, 2.05) is 0 Å². The number of nitro benzene ring substituents is 1. The van der Waals surface area contributed by atoms with Crippen LogP contribution in [0.15, 0.2) is 18.2 Å². The maximum absolute atomic E-state index is 13.2. The van der Waals surface area contributed by atoms with Crippen molar-refractivity contribution in [2.75, 3.05) is 20.2 Å². The van der Waals surface area contributed by atoms with Gasteiger partial charge in [-0.2, -0.15) is 0 Å². The number of para-hydroxylation sites is 1. The molecule has 0 atom stereocenters. The van der Waals surface area contributed by atoms with Gasteiger partial charge < -0.3 is 10.1 Å². The minimum Gasteiger partial charge on any atom is -0.483 e. The number of rotatable bonds is 5. The number of likely N-dealkylation sites (N-methyl/N-ethyl adjacent to an activating group) is 1. The second-order valence-electron chi connectivity index (χ2n) is 2.80. The van der Waals surface area contributed by atoms with Gasteiger partial charge in [0, 0.05) is 12.6 Å². The molecule has 0 aliphatic rings. The molecule has 5 nitrogen and oxygen atoms in total. The molecule has 0 amide bonds. The highest BCUT2D eigenvalue weighted by molar-refractivity contribution is 5.46. The molecule has 0 bridgehead atoms. The van der Waals surface area contributed by atoms with Gasteiger partial charge >= 0.3 is 5.69 Å². The monoisotopic (exact) mass is 214 g/mol. The van der Waals surface area contributed by atoms with Gasteiger partial charge in [0.1, 0.15) is 6.61 Å². The van der Waals surface area contributed by atoms with Crippen molar-refractivity contribution in [3.05, 3.63) is 34.1 Å². The van der Waals surface area contributed by atoms with Crippen molar-refractivity contribution in [2.24, 2.45) is 0 Å². The van der Waals surface area contributed by atoms with Gasteiger partial charge in [-0.25, -0.2) is 4.39 Å². The van der Waals surface area contributed by atoms with Crippen LogP contribution in [0.4, 0.5) is 10.1 Å². The molecular formula is C9H11FN2O3. The number of benzene rings is 1. The Labute approximate surface area is 86.0 Å². The van der Waals surface area contributed by atoms with Crippen LogP contribution >= 0.6 is 0 Å². The van der Waals surface area contributed by atoms with Crippen molar-refractivity contribution in [2.45, 2.75) is 0 Å². The first-order chi connectivity index (χ1) is 7.16. The number of hydrogen-bond acceptors (Lipinski definition) is 4. The Morgan fingerprint density at radius 3 is 2.93 bits per heavy atom. The smallest absolute Gasteiger partial charge is 0.314 e. The minimum absolute atomic E-state index is 0.179. The highest BCUT2D eigenvalue weighted by Gasteiger charge is 2.18. The van der Waals surface area contributed by atoms with Gasteiger partial charge in [-0.3, -0.25) is 10.1 Å². The van der Waals surface area contributed by atoms with Gasteiger partial charge in [-0.1, -0.05) is 6.07 Å². The molecule has 0 fully saturated rings. The van der Waals surface area contributed by atoms with Crippen molar-refractivity contribution >= 4 is 5.69 Å². The van der Waals surface area contributed by atoms with Crippen LogP contribution in [0.1, 0.15) is 0 Å². The second-order valence-corrected chi connectivity index (χ2v) is 2.80. The number of ether oxygens (including phenoxy) is 1. The Morgan fingerprint density at radius 2 is 2.33 bits per heavy atom. The predicted molar refractivity (Wildman–Crippen MR) is 52.5 cm³/mol. The third-order valence-corrected chi connectivity index (χ3v) is 1.74. The lowest BCUT2D eigenvalue weighted by atomic mass is 10.3. The summed E-state index contributed by atoms with van der Waals surface area (Å²) in [4.78, 5) is 9.88. The fraction of sp³-hybridized carbons (Fsp3) is 0.333. The summed E-state index contributed by atoms with van der Waals surface area (Å²) in [5.41, 5.74) is -0.355. The lowest BCUT2D eigenvalue weighted by molar-refractivity contribution is -0.386. The highest BCUT2D eigenvalue weighted by Crippen LogP contribution is 2.29. The van der Waals surface area contributed by atoms with Crippen LogP contribution in [0.5, 0.6) is 5.75 Å². The fourth-order valence-corrected chi connectivity index (χ4v) is 1.04. The third-order valence-electron chi connectivity index (χ3n) is 1.74. The van der Waals surface area contributed by atoms with Gasteiger partial charge in [0.05, 0.1) is 4.92 Å². The molecule has 1 N–H and O–H groups in total. The molecule has 0 aromatic heterocycles. The molecule has 0 aliphatic heterocycles. The Bertz CT molecular complexity index is 357. The molecule has 1 aromatic rings. The lowest BCUT2D eigenvalue weighted by Crippen LogP contribution is -2.16. The maximum Gasteiger partial charge on any atom is 0.314 e. The Balaban J connectivity index is 2.87. The zero-order chi connectivity index (χ0) is 11.3. The zero-order valence-electron chi connectivity index (χ0n) is 8.20. The van der Waals surface area contributed by atoms with Crippen LogP contribution in [0, 0.1) is 15.9 Å². The summed E-state index contributed by atoms with van der Waals surface area (Å²) in [5, 5.41) is 13.3. The lowest BCUT2D eigenvalue weighted by Gasteiger charge is -2.06. The van der Waals surface area contributed by atoms with Crippen LogP contribution in [-0.4, -0.2) is 25.1 Å². The first-order valence-electron chi connectivity index (χ1n) is 4.37. The largest absolute Gasteiger partial charge is 0.483 e. The van der Waals surface area contributed by atoms with Crippen molar-refractivity contribution in [1.29, 1.82) is 0 Å². The van der Waals surface area contributed by atoms with E-state index in [-0.39, 0.29) is 18.0 Å². The average Bonchev–Trinajstić information content (AvgIpc) is 2.20. The SMILES string of the molecule is CNCCOc1c(F)cccc1[N+](=O)[O-]. The van der Waals surface area contributed by atoms with Crippen molar-refractivity contribution in [3.8, 4) is 5.75 Å². The molecule has 1 aromatic carbocycles. The molecule has 0 radical (unpaired) electrons. The van der Waals surface area contributed by atoms with Gasteiger partial charge in [0.25, 0.3) is 0 Å². The van der Waals surface area contributed by atoms with Crippen LogP contribution in [0.25, 0.3) is 0 Å². The van der Waals surface area contributed by atoms with E-state index in [2.05, 4.69) is 5.32 Å².